The highest BCUT2D eigenvalue weighted by atomic mass is 35.5. The number of hydrogen-bond acceptors (Lipinski definition) is 5. The number of aromatic nitrogens is 2. The average Bonchev–Trinajstić information content (AvgIpc) is 3.08. The quantitative estimate of drug-likeness (QED) is 0.514. The molecule has 0 radical (unpaired) electrons. The molecule has 130 valence electrons. The third-order valence-electron chi connectivity index (χ3n) is 3.61. The largest absolute Gasteiger partial charge is 0.351 e. The third-order valence-corrected chi connectivity index (χ3v) is 5.85. The van der Waals surface area contributed by atoms with E-state index in [0.29, 0.717) is 33.5 Å². The van der Waals surface area contributed by atoms with Crippen LogP contribution in [0.5, 0.6) is 0 Å². The molecule has 0 fully saturated rings. The van der Waals surface area contributed by atoms with Crippen molar-refractivity contribution in [2.45, 2.75) is 25.2 Å². The number of thiophene rings is 1. The number of benzene rings is 1. The molecule has 2 aromatic heterocycles. The summed E-state index contributed by atoms with van der Waals surface area (Å²) in [5.74, 6) is 0.0549. The van der Waals surface area contributed by atoms with E-state index in [2.05, 4.69) is 10.3 Å². The molecule has 0 bridgehead atoms. The highest BCUT2D eigenvalue weighted by Gasteiger charge is 2.13. The van der Waals surface area contributed by atoms with Gasteiger partial charge in [-0.15, -0.1) is 11.3 Å². The summed E-state index contributed by atoms with van der Waals surface area (Å²) >= 11 is 8.73. The minimum atomic E-state index is -0.132. The first-order valence-electron chi connectivity index (χ1n) is 7.71. The van der Waals surface area contributed by atoms with Crippen LogP contribution in [0, 0.1) is 0 Å². The lowest BCUT2D eigenvalue weighted by molar-refractivity contribution is -0.118. The van der Waals surface area contributed by atoms with Crippen molar-refractivity contribution in [1.82, 2.24) is 14.9 Å². The van der Waals surface area contributed by atoms with Crippen LogP contribution in [-0.2, 0) is 17.9 Å². The van der Waals surface area contributed by atoms with Crippen molar-refractivity contribution in [3.05, 3.63) is 56.7 Å². The molecule has 0 atom stereocenters. The number of nitrogens with zero attached hydrogens (tertiary/aromatic N) is 2. The van der Waals surface area contributed by atoms with Gasteiger partial charge in [-0.1, -0.05) is 41.6 Å². The van der Waals surface area contributed by atoms with E-state index in [-0.39, 0.29) is 17.2 Å². The van der Waals surface area contributed by atoms with Crippen LogP contribution < -0.4 is 10.9 Å². The molecule has 1 amide bonds. The number of thioether (sulfide) groups is 1. The molecule has 5 nitrogen and oxygen atoms in total. The number of rotatable bonds is 6. The molecule has 8 heteroatoms. The molecule has 3 aromatic rings. The molecule has 0 saturated carbocycles. The van der Waals surface area contributed by atoms with Gasteiger partial charge >= 0.3 is 0 Å². The van der Waals surface area contributed by atoms with E-state index in [1.54, 1.807) is 10.6 Å². The zero-order valence-electron chi connectivity index (χ0n) is 13.5. The lowest BCUT2D eigenvalue weighted by Gasteiger charge is -2.10. The molecule has 2 heterocycles. The van der Waals surface area contributed by atoms with E-state index in [1.807, 2.05) is 36.6 Å². The Balaban J connectivity index is 1.67. The Morgan fingerprint density at radius 3 is 2.92 bits per heavy atom. The summed E-state index contributed by atoms with van der Waals surface area (Å²) in [4.78, 5) is 29.1. The van der Waals surface area contributed by atoms with Gasteiger partial charge in [-0.3, -0.25) is 14.2 Å². The van der Waals surface area contributed by atoms with Crippen LogP contribution in [0.3, 0.4) is 0 Å². The Morgan fingerprint density at radius 2 is 2.16 bits per heavy atom. The highest BCUT2D eigenvalue weighted by molar-refractivity contribution is 7.99. The molecule has 0 aliphatic rings. The van der Waals surface area contributed by atoms with Crippen LogP contribution in [0.2, 0.25) is 5.02 Å². The maximum atomic E-state index is 12.4. The number of hydrogen-bond donors (Lipinski definition) is 1. The highest BCUT2D eigenvalue weighted by Crippen LogP contribution is 2.21. The Morgan fingerprint density at radius 1 is 1.36 bits per heavy atom. The lowest BCUT2D eigenvalue weighted by atomic mass is 10.2. The summed E-state index contributed by atoms with van der Waals surface area (Å²) in [6, 6.07) is 9.21. The predicted molar refractivity (Wildman–Crippen MR) is 104 cm³/mol. The van der Waals surface area contributed by atoms with Crippen molar-refractivity contribution in [3.63, 3.8) is 0 Å². The first kappa shape index (κ1) is 18.0. The molecule has 0 unspecified atom stereocenters. The summed E-state index contributed by atoms with van der Waals surface area (Å²) in [6.45, 7) is 2.78. The van der Waals surface area contributed by atoms with E-state index in [9.17, 15) is 9.59 Å². The average molecular weight is 394 g/mol. The van der Waals surface area contributed by atoms with Gasteiger partial charge in [0.25, 0.3) is 5.56 Å². The first-order chi connectivity index (χ1) is 12.1. The topological polar surface area (TPSA) is 64.0 Å². The van der Waals surface area contributed by atoms with Gasteiger partial charge in [-0.2, -0.15) is 0 Å². The number of carbonyl (C=O) groups is 1. The first-order valence-corrected chi connectivity index (χ1v) is 9.95. The molecule has 1 aromatic carbocycles. The summed E-state index contributed by atoms with van der Waals surface area (Å²) in [7, 11) is 0. The lowest BCUT2D eigenvalue weighted by Crippen LogP contribution is -2.26. The molecule has 25 heavy (non-hydrogen) atoms. The van der Waals surface area contributed by atoms with Gasteiger partial charge in [0.15, 0.2) is 5.16 Å². The van der Waals surface area contributed by atoms with E-state index in [1.165, 1.54) is 23.1 Å². The molecular weight excluding hydrogens is 378 g/mol. The Hall–Kier alpha value is -1.83. The Labute approximate surface area is 158 Å². The normalized spacial score (nSPS) is 11.0. The number of fused-ring (bicyclic) bond motifs is 1. The van der Waals surface area contributed by atoms with Crippen LogP contribution in [0.25, 0.3) is 10.2 Å². The molecule has 0 aliphatic heterocycles. The molecule has 0 saturated heterocycles. The minimum Gasteiger partial charge on any atom is -0.351 e. The van der Waals surface area contributed by atoms with Gasteiger partial charge in [0.05, 0.1) is 11.3 Å². The molecule has 0 spiro atoms. The minimum absolute atomic E-state index is 0.0542. The second-order valence-electron chi connectivity index (χ2n) is 5.24. The number of nitrogens with one attached hydrogen (secondary N) is 1. The third kappa shape index (κ3) is 4.05. The second kappa shape index (κ2) is 8.03. The van der Waals surface area contributed by atoms with Gasteiger partial charge in [-0.05, 0) is 30.0 Å². The molecule has 1 N–H and O–H groups in total. The van der Waals surface area contributed by atoms with Crippen molar-refractivity contribution in [1.29, 1.82) is 0 Å². The monoisotopic (exact) mass is 393 g/mol. The summed E-state index contributed by atoms with van der Waals surface area (Å²) in [5, 5.41) is 5.87. The van der Waals surface area contributed by atoms with E-state index < -0.39 is 0 Å². The summed E-state index contributed by atoms with van der Waals surface area (Å²) in [6.07, 6.45) is 0. The number of amides is 1. The van der Waals surface area contributed by atoms with Crippen molar-refractivity contribution in [2.24, 2.45) is 0 Å². The number of halogens is 1. The number of carbonyl (C=O) groups excluding carboxylic acids is 1. The fourth-order valence-electron chi connectivity index (χ4n) is 2.33. The van der Waals surface area contributed by atoms with Crippen LogP contribution in [0.15, 0.2) is 45.7 Å². The predicted octanol–water partition coefficient (Wildman–Crippen LogP) is 3.54. The van der Waals surface area contributed by atoms with Crippen molar-refractivity contribution in [3.8, 4) is 0 Å². The summed E-state index contributed by atoms with van der Waals surface area (Å²) < 4.78 is 2.25. The van der Waals surface area contributed by atoms with Crippen molar-refractivity contribution < 1.29 is 4.79 Å². The zero-order valence-corrected chi connectivity index (χ0v) is 15.9. The standard InChI is InChI=1S/C17H16ClN3O2S2/c1-2-21-16(23)15-13(7-8-24-15)20-17(21)25-10-14(22)19-9-11-5-3-4-6-12(11)18/h3-8H,2,9-10H2,1H3,(H,19,22). The van der Waals surface area contributed by atoms with Crippen LogP contribution in [0.4, 0.5) is 0 Å². The maximum absolute atomic E-state index is 12.4. The van der Waals surface area contributed by atoms with E-state index in [4.69, 9.17) is 11.6 Å². The van der Waals surface area contributed by atoms with E-state index >= 15 is 0 Å². The smallest absolute Gasteiger partial charge is 0.272 e. The SMILES string of the molecule is CCn1c(SCC(=O)NCc2ccccc2Cl)nc2ccsc2c1=O. The second-order valence-corrected chi connectivity index (χ2v) is 7.50. The zero-order chi connectivity index (χ0) is 17.8. The molecule has 3 rings (SSSR count). The summed E-state index contributed by atoms with van der Waals surface area (Å²) in [5.41, 5.74) is 1.49. The van der Waals surface area contributed by atoms with Gasteiger partial charge in [0.1, 0.15) is 4.70 Å². The van der Waals surface area contributed by atoms with Crippen LogP contribution in [0.1, 0.15) is 12.5 Å². The van der Waals surface area contributed by atoms with Gasteiger partial charge in [-0.25, -0.2) is 4.98 Å². The molecular formula is C17H16ClN3O2S2. The van der Waals surface area contributed by atoms with Gasteiger partial charge < -0.3 is 5.32 Å². The van der Waals surface area contributed by atoms with Crippen molar-refractivity contribution >= 4 is 50.8 Å². The van der Waals surface area contributed by atoms with Crippen LogP contribution >= 0.6 is 34.7 Å². The van der Waals surface area contributed by atoms with Crippen molar-refractivity contribution in [2.75, 3.05) is 5.75 Å². The van der Waals surface area contributed by atoms with Crippen LogP contribution in [-0.4, -0.2) is 21.2 Å². The maximum Gasteiger partial charge on any atom is 0.272 e. The Kier molecular flexibility index (Phi) is 5.78. The van der Waals surface area contributed by atoms with Gasteiger partial charge in [0.2, 0.25) is 5.91 Å². The van der Waals surface area contributed by atoms with Gasteiger partial charge in [0, 0.05) is 18.1 Å². The fourth-order valence-corrected chi connectivity index (χ4v) is 4.20. The fraction of sp³-hybridized carbons (Fsp3) is 0.235. The Bertz CT molecular complexity index is 968. The molecule has 0 aliphatic carbocycles. The van der Waals surface area contributed by atoms with E-state index in [0.717, 1.165) is 5.56 Å².